The lowest BCUT2D eigenvalue weighted by molar-refractivity contribution is -0.00407. The number of aromatic nitrogens is 3. The third kappa shape index (κ3) is 3.76. The first kappa shape index (κ1) is 22.3. The third-order valence-corrected chi connectivity index (χ3v) is 7.60. The molecule has 0 fully saturated rings. The number of nitrogens with zero attached hydrogens (tertiary/aromatic N) is 5. The monoisotopic (exact) mass is 479 g/mol. The Bertz CT molecular complexity index is 1240. The number of aliphatic hydroxyl groups excluding tert-OH is 1. The number of carbonyl (C=O) groups is 1. The number of sulfone groups is 1. The maximum atomic E-state index is 13.5. The van der Waals surface area contributed by atoms with Gasteiger partial charge in [-0.3, -0.25) is 9.69 Å². The van der Waals surface area contributed by atoms with Crippen molar-refractivity contribution in [2.24, 2.45) is 0 Å². The minimum Gasteiger partial charge on any atom is -0.360 e. The Morgan fingerprint density at radius 1 is 1.19 bits per heavy atom. The molecule has 10 nitrogen and oxygen atoms in total. The van der Waals surface area contributed by atoms with Crippen LogP contribution in [0.3, 0.4) is 0 Å². The summed E-state index contributed by atoms with van der Waals surface area (Å²) >= 11 is 5.98. The van der Waals surface area contributed by atoms with Crippen molar-refractivity contribution in [1.82, 2.24) is 19.6 Å². The summed E-state index contributed by atoms with van der Waals surface area (Å²) in [6, 6.07) is 8.45. The molecule has 1 N–H and O–H groups in total. The van der Waals surface area contributed by atoms with E-state index in [1.165, 1.54) is 22.7 Å². The molecule has 1 unspecified atom stereocenters. The lowest BCUT2D eigenvalue weighted by Crippen LogP contribution is -2.53. The highest BCUT2D eigenvalue weighted by Gasteiger charge is 2.42. The zero-order valence-corrected chi connectivity index (χ0v) is 19.2. The van der Waals surface area contributed by atoms with Gasteiger partial charge >= 0.3 is 0 Å². The Hall–Kier alpha value is -2.89. The van der Waals surface area contributed by atoms with Gasteiger partial charge in [-0.25, -0.2) is 8.42 Å². The quantitative estimate of drug-likeness (QED) is 0.570. The molecule has 3 aromatic rings. The summed E-state index contributed by atoms with van der Waals surface area (Å²) in [6.07, 6.45) is 0.0669. The maximum Gasteiger partial charge on any atom is 0.278 e. The second kappa shape index (κ2) is 8.23. The highest BCUT2D eigenvalue weighted by Crippen LogP contribution is 2.33. The predicted molar refractivity (Wildman–Crippen MR) is 116 cm³/mol. The molecule has 12 heteroatoms. The summed E-state index contributed by atoms with van der Waals surface area (Å²) in [5.74, 6) is -0.119. The average Bonchev–Trinajstić information content (AvgIpc) is 3.39. The van der Waals surface area contributed by atoms with Crippen LogP contribution < -0.4 is 4.90 Å². The van der Waals surface area contributed by atoms with Crippen molar-refractivity contribution >= 4 is 33.2 Å². The molecule has 0 saturated carbocycles. The normalized spacial score (nSPS) is 16.7. The van der Waals surface area contributed by atoms with Gasteiger partial charge in [0.2, 0.25) is 21.3 Å². The van der Waals surface area contributed by atoms with E-state index in [-0.39, 0.29) is 29.8 Å². The summed E-state index contributed by atoms with van der Waals surface area (Å²) in [5.41, 5.74) is 0.796. The smallest absolute Gasteiger partial charge is 0.278 e. The van der Waals surface area contributed by atoms with Crippen LogP contribution in [-0.2, 0) is 22.9 Å². The lowest BCUT2D eigenvalue weighted by Gasteiger charge is -2.38. The van der Waals surface area contributed by atoms with Gasteiger partial charge in [0.25, 0.3) is 5.91 Å². The van der Waals surface area contributed by atoms with Crippen molar-refractivity contribution in [3.63, 3.8) is 0 Å². The molecule has 1 atom stereocenters. The Labute approximate surface area is 189 Å². The van der Waals surface area contributed by atoms with E-state index in [1.807, 2.05) is 0 Å². The van der Waals surface area contributed by atoms with Gasteiger partial charge in [-0.1, -0.05) is 28.9 Å². The number of carbonyl (C=O) groups excluding carboxylic acids is 1. The number of anilines is 1. The van der Waals surface area contributed by atoms with Crippen molar-refractivity contribution in [3.05, 3.63) is 58.6 Å². The van der Waals surface area contributed by atoms with Crippen molar-refractivity contribution in [2.75, 3.05) is 11.9 Å². The summed E-state index contributed by atoms with van der Waals surface area (Å²) < 4.78 is 32.7. The second-order valence-electron chi connectivity index (χ2n) is 7.74. The van der Waals surface area contributed by atoms with Gasteiger partial charge in [-0.15, -0.1) is 0 Å². The molecule has 0 aliphatic carbocycles. The number of imidazole rings is 1. The van der Waals surface area contributed by atoms with Gasteiger partial charge in [0.05, 0.1) is 24.5 Å². The number of fused-ring (bicyclic) bond motifs is 1. The van der Waals surface area contributed by atoms with Gasteiger partial charge in [-0.2, -0.15) is 4.98 Å². The van der Waals surface area contributed by atoms with Gasteiger partial charge in [0.1, 0.15) is 0 Å². The molecule has 32 heavy (non-hydrogen) atoms. The van der Waals surface area contributed by atoms with Crippen molar-refractivity contribution in [3.8, 4) is 0 Å². The molecule has 0 radical (unpaired) electrons. The zero-order valence-electron chi connectivity index (χ0n) is 17.6. The minimum absolute atomic E-state index is 0.0534. The molecule has 1 aromatic carbocycles. The largest absolute Gasteiger partial charge is 0.360 e. The molecule has 3 heterocycles. The van der Waals surface area contributed by atoms with E-state index >= 15 is 0 Å². The van der Waals surface area contributed by atoms with Crippen LogP contribution in [0.5, 0.6) is 0 Å². The molecule has 0 spiro atoms. The van der Waals surface area contributed by atoms with Crippen molar-refractivity contribution in [1.29, 1.82) is 0 Å². The van der Waals surface area contributed by atoms with Crippen LogP contribution in [0.25, 0.3) is 0 Å². The van der Waals surface area contributed by atoms with Crippen LogP contribution in [-0.4, -0.2) is 57.7 Å². The number of hydrogen-bond acceptors (Lipinski definition) is 8. The fourth-order valence-corrected chi connectivity index (χ4v) is 4.65. The van der Waals surface area contributed by atoms with Crippen LogP contribution in [0.2, 0.25) is 5.02 Å². The number of hydrogen-bond donors (Lipinski definition) is 1. The van der Waals surface area contributed by atoms with Gasteiger partial charge in [-0.05, 0) is 31.5 Å². The van der Waals surface area contributed by atoms with Gasteiger partial charge in [0, 0.05) is 18.1 Å². The summed E-state index contributed by atoms with van der Waals surface area (Å²) in [4.78, 5) is 20.3. The van der Waals surface area contributed by atoms with E-state index in [2.05, 4.69) is 10.1 Å². The summed E-state index contributed by atoms with van der Waals surface area (Å²) in [5, 5.41) is 13.9. The van der Waals surface area contributed by atoms with Crippen LogP contribution in [0.15, 0.2) is 46.2 Å². The third-order valence-electron chi connectivity index (χ3n) is 5.28. The molecular formula is C20H22ClN5O5S. The first-order valence-electron chi connectivity index (χ1n) is 9.81. The maximum absolute atomic E-state index is 13.5. The van der Waals surface area contributed by atoms with Crippen LogP contribution in [0.1, 0.15) is 35.7 Å². The van der Waals surface area contributed by atoms with Crippen LogP contribution in [0, 0.1) is 0 Å². The SMILES string of the molecule is CC(C)S(=O)(=O)c1nc2c(n1Cc1ccc(Cl)cc1)C(=O)N(Cc1ccno1)C(O)N2C. The molecule has 0 bridgehead atoms. The molecule has 2 aromatic heterocycles. The van der Waals surface area contributed by atoms with Gasteiger partial charge < -0.3 is 19.1 Å². The highest BCUT2D eigenvalue weighted by atomic mass is 35.5. The molecule has 0 saturated heterocycles. The van der Waals surface area contributed by atoms with E-state index in [9.17, 15) is 18.3 Å². The second-order valence-corrected chi connectivity index (χ2v) is 10.6. The minimum atomic E-state index is -3.84. The first-order chi connectivity index (χ1) is 15.1. The number of aliphatic hydroxyl groups is 1. The van der Waals surface area contributed by atoms with E-state index in [0.29, 0.717) is 10.8 Å². The van der Waals surface area contributed by atoms with E-state index in [1.54, 1.807) is 44.2 Å². The first-order valence-corrected chi connectivity index (χ1v) is 11.7. The molecule has 4 rings (SSSR count). The standard InChI is InChI=1S/C20H22ClN5O5S/c1-12(2)32(29,30)19-23-17-16(25(19)10-13-4-6-14(21)7-5-13)18(27)26(20(28)24(17)3)11-15-8-9-22-31-15/h4-9,12,20,28H,10-11H2,1-3H3. The average molecular weight is 480 g/mol. The van der Waals surface area contributed by atoms with E-state index in [4.69, 9.17) is 16.1 Å². The van der Waals surface area contributed by atoms with E-state index < -0.39 is 27.3 Å². The summed E-state index contributed by atoms with van der Waals surface area (Å²) in [7, 11) is -2.31. The highest BCUT2D eigenvalue weighted by molar-refractivity contribution is 7.91. The Morgan fingerprint density at radius 2 is 1.88 bits per heavy atom. The molecular weight excluding hydrogens is 458 g/mol. The van der Waals surface area contributed by atoms with Crippen molar-refractivity contribution in [2.45, 2.75) is 43.7 Å². The van der Waals surface area contributed by atoms with E-state index in [0.717, 1.165) is 10.5 Å². The molecule has 1 aliphatic heterocycles. The number of amides is 1. The fourth-order valence-electron chi connectivity index (χ4n) is 3.43. The molecule has 1 aliphatic rings. The lowest BCUT2D eigenvalue weighted by atomic mass is 10.2. The Kier molecular flexibility index (Phi) is 5.74. The Balaban J connectivity index is 1.87. The molecule has 1 amide bonds. The predicted octanol–water partition coefficient (Wildman–Crippen LogP) is 2.12. The topological polar surface area (TPSA) is 122 Å². The number of halogens is 1. The summed E-state index contributed by atoms with van der Waals surface area (Å²) in [6.45, 7) is 3.12. The zero-order chi connectivity index (χ0) is 23.2. The number of benzene rings is 1. The van der Waals surface area contributed by atoms with Crippen LogP contribution >= 0.6 is 11.6 Å². The molecule has 170 valence electrons. The van der Waals surface area contributed by atoms with Crippen LogP contribution in [0.4, 0.5) is 5.82 Å². The van der Waals surface area contributed by atoms with Crippen molar-refractivity contribution < 1.29 is 22.8 Å². The van der Waals surface area contributed by atoms with Gasteiger partial charge in [0.15, 0.2) is 17.3 Å². The fraction of sp³-hybridized carbons (Fsp3) is 0.350. The number of rotatable bonds is 6. The Morgan fingerprint density at radius 3 is 2.47 bits per heavy atom.